The van der Waals surface area contributed by atoms with Crippen molar-refractivity contribution in [3.63, 3.8) is 0 Å². The van der Waals surface area contributed by atoms with Gasteiger partial charge in [-0.1, -0.05) is 19.3 Å². The molecule has 0 aromatic rings. The monoisotopic (exact) mass is 241 g/mol. The Labute approximate surface area is 103 Å². The molecular formula is C13H23NO3. The fraction of sp³-hybridized carbons (Fsp3) is 0.846. The maximum atomic E-state index is 12.0. The van der Waals surface area contributed by atoms with E-state index in [1.54, 1.807) is 13.8 Å². The number of aliphatic carboxylic acids is 1. The number of carbonyl (C=O) groups excluding carboxylic acids is 1. The van der Waals surface area contributed by atoms with Gasteiger partial charge >= 0.3 is 5.97 Å². The minimum absolute atomic E-state index is 0.0145. The second-order valence-electron chi connectivity index (χ2n) is 5.51. The SMILES string of the molecule is CC(C)(CC(=O)N1CCCCCCC1)C(=O)O. The lowest BCUT2D eigenvalue weighted by Gasteiger charge is -2.28. The van der Waals surface area contributed by atoms with E-state index in [0.29, 0.717) is 0 Å². The molecule has 1 N–H and O–H groups in total. The van der Waals surface area contributed by atoms with Crippen LogP contribution in [0.15, 0.2) is 0 Å². The quantitative estimate of drug-likeness (QED) is 0.824. The molecule has 17 heavy (non-hydrogen) atoms. The molecule has 0 bridgehead atoms. The lowest BCUT2D eigenvalue weighted by molar-refractivity contribution is -0.151. The maximum Gasteiger partial charge on any atom is 0.309 e. The minimum atomic E-state index is -0.959. The van der Waals surface area contributed by atoms with Crippen molar-refractivity contribution in [2.75, 3.05) is 13.1 Å². The zero-order valence-corrected chi connectivity index (χ0v) is 10.9. The van der Waals surface area contributed by atoms with E-state index in [1.807, 2.05) is 4.90 Å². The molecule has 0 aromatic carbocycles. The minimum Gasteiger partial charge on any atom is -0.481 e. The first-order chi connectivity index (χ1) is 7.93. The van der Waals surface area contributed by atoms with Gasteiger partial charge in [0.15, 0.2) is 0 Å². The zero-order valence-electron chi connectivity index (χ0n) is 10.9. The molecule has 1 saturated heterocycles. The largest absolute Gasteiger partial charge is 0.481 e. The van der Waals surface area contributed by atoms with Crippen LogP contribution >= 0.6 is 0 Å². The normalized spacial score (nSPS) is 18.4. The van der Waals surface area contributed by atoms with Gasteiger partial charge < -0.3 is 10.0 Å². The van der Waals surface area contributed by atoms with Crippen LogP contribution in [-0.4, -0.2) is 35.0 Å². The molecule has 1 heterocycles. The van der Waals surface area contributed by atoms with Gasteiger partial charge in [0.2, 0.25) is 5.91 Å². The predicted molar refractivity (Wildman–Crippen MR) is 65.7 cm³/mol. The molecule has 0 radical (unpaired) electrons. The van der Waals surface area contributed by atoms with E-state index in [9.17, 15) is 9.59 Å². The number of likely N-dealkylation sites (tertiary alicyclic amines) is 1. The third-order valence-corrected chi connectivity index (χ3v) is 3.38. The Kier molecular flexibility index (Phi) is 4.97. The molecule has 4 nitrogen and oxygen atoms in total. The van der Waals surface area contributed by atoms with Crippen molar-refractivity contribution in [3.8, 4) is 0 Å². The fourth-order valence-corrected chi connectivity index (χ4v) is 2.06. The lowest BCUT2D eigenvalue weighted by atomic mass is 9.89. The molecule has 1 rings (SSSR count). The summed E-state index contributed by atoms with van der Waals surface area (Å²) in [6.45, 7) is 4.79. The Bertz CT molecular complexity index is 278. The molecule has 1 aliphatic rings. The molecule has 4 heteroatoms. The highest BCUT2D eigenvalue weighted by atomic mass is 16.4. The van der Waals surface area contributed by atoms with E-state index in [-0.39, 0.29) is 12.3 Å². The number of carboxylic acids is 1. The van der Waals surface area contributed by atoms with Gasteiger partial charge in [-0.3, -0.25) is 9.59 Å². The van der Waals surface area contributed by atoms with Crippen molar-refractivity contribution in [3.05, 3.63) is 0 Å². The highest BCUT2D eigenvalue weighted by Gasteiger charge is 2.32. The summed E-state index contributed by atoms with van der Waals surface area (Å²) in [5.41, 5.74) is -0.959. The Morgan fingerprint density at radius 3 is 2.00 bits per heavy atom. The first kappa shape index (κ1) is 14.0. The summed E-state index contributed by atoms with van der Waals surface area (Å²) in [5, 5.41) is 9.02. The first-order valence-electron chi connectivity index (χ1n) is 6.45. The van der Waals surface area contributed by atoms with Crippen LogP contribution in [0.4, 0.5) is 0 Å². The third kappa shape index (κ3) is 4.36. The highest BCUT2D eigenvalue weighted by molar-refractivity contribution is 5.84. The number of rotatable bonds is 3. The van der Waals surface area contributed by atoms with Gasteiger partial charge in [0.1, 0.15) is 0 Å². The second-order valence-corrected chi connectivity index (χ2v) is 5.51. The average Bonchev–Trinajstić information content (AvgIpc) is 2.15. The van der Waals surface area contributed by atoms with Gasteiger partial charge in [-0.25, -0.2) is 0 Å². The van der Waals surface area contributed by atoms with Crippen LogP contribution in [0.1, 0.15) is 52.4 Å². The summed E-state index contributed by atoms with van der Waals surface area (Å²) in [4.78, 5) is 24.9. The number of carbonyl (C=O) groups is 2. The molecule has 0 aliphatic carbocycles. The van der Waals surface area contributed by atoms with Crippen molar-refractivity contribution in [1.82, 2.24) is 4.90 Å². The van der Waals surface area contributed by atoms with E-state index in [0.717, 1.165) is 25.9 Å². The Hall–Kier alpha value is -1.06. The predicted octanol–water partition coefficient (Wildman–Crippen LogP) is 2.28. The van der Waals surface area contributed by atoms with Gasteiger partial charge in [0, 0.05) is 19.5 Å². The summed E-state index contributed by atoms with van der Waals surface area (Å²) < 4.78 is 0. The van der Waals surface area contributed by atoms with E-state index in [1.165, 1.54) is 19.3 Å². The van der Waals surface area contributed by atoms with Crippen molar-refractivity contribution in [2.45, 2.75) is 52.4 Å². The topological polar surface area (TPSA) is 57.6 Å². The molecule has 0 aromatic heterocycles. The van der Waals surface area contributed by atoms with Crippen molar-refractivity contribution in [1.29, 1.82) is 0 Å². The van der Waals surface area contributed by atoms with E-state index < -0.39 is 11.4 Å². The number of nitrogens with zero attached hydrogens (tertiary/aromatic N) is 1. The van der Waals surface area contributed by atoms with Gasteiger partial charge in [-0.05, 0) is 26.7 Å². The first-order valence-corrected chi connectivity index (χ1v) is 6.45. The standard InChI is InChI=1S/C13H23NO3/c1-13(2,12(16)17)10-11(15)14-8-6-4-3-5-7-9-14/h3-10H2,1-2H3,(H,16,17). The summed E-state index contributed by atoms with van der Waals surface area (Å²) in [5.74, 6) is -0.919. The van der Waals surface area contributed by atoms with Crippen LogP contribution < -0.4 is 0 Å². The molecule has 1 aliphatic heterocycles. The number of hydrogen-bond acceptors (Lipinski definition) is 2. The van der Waals surface area contributed by atoms with Gasteiger partial charge in [-0.2, -0.15) is 0 Å². The van der Waals surface area contributed by atoms with Crippen LogP contribution in [0.25, 0.3) is 0 Å². The van der Waals surface area contributed by atoms with Gasteiger partial charge in [0.05, 0.1) is 5.41 Å². The molecule has 0 spiro atoms. The van der Waals surface area contributed by atoms with Crippen LogP contribution in [0.2, 0.25) is 0 Å². The van der Waals surface area contributed by atoms with E-state index in [4.69, 9.17) is 5.11 Å². The summed E-state index contributed by atoms with van der Waals surface area (Å²) in [7, 11) is 0. The number of amides is 1. The van der Waals surface area contributed by atoms with Crippen LogP contribution in [0.3, 0.4) is 0 Å². The molecule has 1 fully saturated rings. The molecule has 1 amide bonds. The fourth-order valence-electron chi connectivity index (χ4n) is 2.06. The smallest absolute Gasteiger partial charge is 0.309 e. The van der Waals surface area contributed by atoms with Crippen LogP contribution in [0, 0.1) is 5.41 Å². The molecule has 0 unspecified atom stereocenters. The third-order valence-electron chi connectivity index (χ3n) is 3.38. The van der Waals surface area contributed by atoms with Crippen molar-refractivity contribution < 1.29 is 14.7 Å². The number of carboxylic acid groups (broad SMARTS) is 1. The van der Waals surface area contributed by atoms with Gasteiger partial charge in [0.25, 0.3) is 0 Å². The highest BCUT2D eigenvalue weighted by Crippen LogP contribution is 2.22. The molecule has 0 atom stereocenters. The molecular weight excluding hydrogens is 218 g/mol. The zero-order chi connectivity index (χ0) is 12.9. The van der Waals surface area contributed by atoms with Gasteiger partial charge in [-0.15, -0.1) is 0 Å². The lowest BCUT2D eigenvalue weighted by Crippen LogP contribution is -2.38. The van der Waals surface area contributed by atoms with Crippen molar-refractivity contribution >= 4 is 11.9 Å². The summed E-state index contributed by atoms with van der Waals surface area (Å²) >= 11 is 0. The average molecular weight is 241 g/mol. The second kappa shape index (κ2) is 6.03. The number of hydrogen-bond donors (Lipinski definition) is 1. The Morgan fingerprint density at radius 1 is 1.06 bits per heavy atom. The van der Waals surface area contributed by atoms with E-state index >= 15 is 0 Å². The molecule has 98 valence electrons. The Morgan fingerprint density at radius 2 is 1.53 bits per heavy atom. The maximum absolute atomic E-state index is 12.0. The summed E-state index contributed by atoms with van der Waals surface area (Å²) in [6, 6.07) is 0. The van der Waals surface area contributed by atoms with Crippen LogP contribution in [0.5, 0.6) is 0 Å². The van der Waals surface area contributed by atoms with Crippen molar-refractivity contribution in [2.24, 2.45) is 5.41 Å². The van der Waals surface area contributed by atoms with Crippen LogP contribution in [-0.2, 0) is 9.59 Å². The Balaban J connectivity index is 2.53. The summed E-state index contributed by atoms with van der Waals surface area (Å²) in [6.07, 6.45) is 5.78. The van der Waals surface area contributed by atoms with E-state index in [2.05, 4.69) is 0 Å². The molecule has 0 saturated carbocycles.